The maximum atomic E-state index is 13.3. The van der Waals surface area contributed by atoms with Crippen LogP contribution in [0.25, 0.3) is 0 Å². The van der Waals surface area contributed by atoms with E-state index in [4.69, 9.17) is 0 Å². The molecular weight excluding hydrogens is 362 g/mol. The molecule has 0 spiro atoms. The number of benzene rings is 2. The van der Waals surface area contributed by atoms with Crippen LogP contribution in [0.1, 0.15) is 86.8 Å². The first-order valence-corrected chi connectivity index (χ1v) is 11.2. The Bertz CT molecular complexity index is 858. The lowest BCUT2D eigenvalue weighted by Crippen LogP contribution is -2.14. The summed E-state index contributed by atoms with van der Waals surface area (Å²) in [6, 6.07) is 12.2. The fourth-order valence-corrected chi connectivity index (χ4v) is 5.11. The van der Waals surface area contributed by atoms with Crippen molar-refractivity contribution in [2.24, 2.45) is 11.8 Å². The van der Waals surface area contributed by atoms with Gasteiger partial charge >= 0.3 is 0 Å². The number of hydrogen-bond donors (Lipinski definition) is 0. The van der Waals surface area contributed by atoms with E-state index in [0.717, 1.165) is 29.5 Å². The highest BCUT2D eigenvalue weighted by Crippen LogP contribution is 2.39. The number of rotatable bonds is 4. The van der Waals surface area contributed by atoms with Crippen LogP contribution in [-0.2, 0) is 0 Å². The Morgan fingerprint density at radius 1 is 0.655 bits per heavy atom. The Balaban J connectivity index is 1.28. The molecular formula is C27H30F2. The highest BCUT2D eigenvalue weighted by molar-refractivity contribution is 5.44. The molecule has 0 bridgehead atoms. The Morgan fingerprint density at radius 3 is 1.90 bits per heavy atom. The van der Waals surface area contributed by atoms with Gasteiger partial charge in [-0.15, -0.1) is 0 Å². The summed E-state index contributed by atoms with van der Waals surface area (Å²) < 4.78 is 26.3. The Kier molecular flexibility index (Phi) is 6.65. The maximum absolute atomic E-state index is 13.3. The second-order valence-corrected chi connectivity index (χ2v) is 8.95. The summed E-state index contributed by atoms with van der Waals surface area (Å²) in [5, 5.41) is 0. The lowest BCUT2D eigenvalue weighted by atomic mass is 9.76. The topological polar surface area (TPSA) is 0 Å². The van der Waals surface area contributed by atoms with E-state index < -0.39 is 11.6 Å². The van der Waals surface area contributed by atoms with E-state index in [1.807, 2.05) is 12.1 Å². The van der Waals surface area contributed by atoms with Crippen LogP contribution < -0.4 is 0 Å². The van der Waals surface area contributed by atoms with E-state index in [2.05, 4.69) is 24.0 Å². The molecule has 0 saturated heterocycles. The Morgan fingerprint density at radius 2 is 1.24 bits per heavy atom. The van der Waals surface area contributed by atoms with Crippen LogP contribution in [0.5, 0.6) is 0 Å². The minimum Gasteiger partial charge on any atom is -0.204 e. The average molecular weight is 393 g/mol. The Labute approximate surface area is 173 Å². The highest BCUT2D eigenvalue weighted by atomic mass is 19.2. The first-order chi connectivity index (χ1) is 14.2. The Hall–Kier alpha value is -2.14. The average Bonchev–Trinajstić information content (AvgIpc) is 3.28. The zero-order valence-corrected chi connectivity index (χ0v) is 17.1. The second kappa shape index (κ2) is 9.57. The van der Waals surface area contributed by atoms with Gasteiger partial charge in [0.05, 0.1) is 0 Å². The van der Waals surface area contributed by atoms with Gasteiger partial charge in [0, 0.05) is 11.1 Å². The van der Waals surface area contributed by atoms with Gasteiger partial charge in [0.15, 0.2) is 11.6 Å². The third-order valence-corrected chi connectivity index (χ3v) is 6.96. The second-order valence-electron chi connectivity index (χ2n) is 8.95. The molecule has 0 N–H and O–H groups in total. The zero-order valence-electron chi connectivity index (χ0n) is 17.1. The van der Waals surface area contributed by atoms with Crippen LogP contribution in [0.2, 0.25) is 0 Å². The van der Waals surface area contributed by atoms with E-state index in [0.29, 0.717) is 11.5 Å². The minimum absolute atomic E-state index is 0.490. The molecule has 0 heterocycles. The molecule has 0 unspecified atom stereocenters. The van der Waals surface area contributed by atoms with Gasteiger partial charge < -0.3 is 0 Å². The molecule has 0 nitrogen and oxygen atoms in total. The molecule has 2 aliphatic carbocycles. The van der Waals surface area contributed by atoms with Crippen molar-refractivity contribution < 1.29 is 8.78 Å². The molecule has 29 heavy (non-hydrogen) atoms. The van der Waals surface area contributed by atoms with Crippen molar-refractivity contribution in [3.8, 4) is 11.8 Å². The van der Waals surface area contributed by atoms with Crippen molar-refractivity contribution >= 4 is 0 Å². The van der Waals surface area contributed by atoms with E-state index in [1.165, 1.54) is 75.8 Å². The summed E-state index contributed by atoms with van der Waals surface area (Å²) in [5.41, 5.74) is 2.81. The lowest BCUT2D eigenvalue weighted by molar-refractivity contribution is 0.287. The normalized spacial score (nSPS) is 22.3. The van der Waals surface area contributed by atoms with Gasteiger partial charge in [-0.1, -0.05) is 62.5 Å². The number of halogens is 2. The number of hydrogen-bond acceptors (Lipinski definition) is 0. The standard InChI is InChI=1S/C27H30F2/c28-26-18-13-23(19-27(26)29)8-7-22-11-16-25(17-12-22)24-14-9-21(10-15-24)6-5-20-3-1-2-4-20/h11-13,16-21,24H,1-6,9-10,14-15H2. The van der Waals surface area contributed by atoms with Crippen LogP contribution in [0, 0.1) is 35.3 Å². The van der Waals surface area contributed by atoms with Crippen molar-refractivity contribution in [1.82, 2.24) is 0 Å². The molecule has 2 aromatic carbocycles. The lowest BCUT2D eigenvalue weighted by Gasteiger charge is -2.29. The first kappa shape index (κ1) is 20.1. The third-order valence-electron chi connectivity index (χ3n) is 6.96. The fourth-order valence-electron chi connectivity index (χ4n) is 5.11. The molecule has 0 atom stereocenters. The molecule has 2 saturated carbocycles. The quantitative estimate of drug-likeness (QED) is 0.470. The van der Waals surface area contributed by atoms with Crippen molar-refractivity contribution in [3.05, 3.63) is 70.8 Å². The van der Waals surface area contributed by atoms with Crippen molar-refractivity contribution in [3.63, 3.8) is 0 Å². The van der Waals surface area contributed by atoms with Gasteiger partial charge in [0.1, 0.15) is 0 Å². The molecule has 2 heteroatoms. The van der Waals surface area contributed by atoms with Gasteiger partial charge in [-0.25, -0.2) is 8.78 Å². The summed E-state index contributed by atoms with van der Waals surface area (Å²) in [6.45, 7) is 0. The summed E-state index contributed by atoms with van der Waals surface area (Å²) in [5.74, 6) is 6.90. The minimum atomic E-state index is -0.856. The van der Waals surface area contributed by atoms with Crippen LogP contribution in [-0.4, -0.2) is 0 Å². The van der Waals surface area contributed by atoms with Crippen LogP contribution >= 0.6 is 0 Å². The van der Waals surface area contributed by atoms with Gasteiger partial charge in [-0.3, -0.25) is 0 Å². The van der Waals surface area contributed by atoms with Gasteiger partial charge in [0.2, 0.25) is 0 Å². The highest BCUT2D eigenvalue weighted by Gasteiger charge is 2.23. The molecule has 0 aromatic heterocycles. The van der Waals surface area contributed by atoms with Crippen molar-refractivity contribution in [2.75, 3.05) is 0 Å². The van der Waals surface area contributed by atoms with Crippen molar-refractivity contribution in [1.29, 1.82) is 0 Å². The third kappa shape index (κ3) is 5.47. The largest absolute Gasteiger partial charge is 0.204 e. The molecule has 0 radical (unpaired) electrons. The predicted octanol–water partition coefficient (Wildman–Crippen LogP) is 7.61. The van der Waals surface area contributed by atoms with E-state index in [-0.39, 0.29) is 0 Å². The maximum Gasteiger partial charge on any atom is 0.160 e. The van der Waals surface area contributed by atoms with Crippen LogP contribution in [0.4, 0.5) is 8.78 Å². The van der Waals surface area contributed by atoms with E-state index in [1.54, 1.807) is 0 Å². The van der Waals surface area contributed by atoms with Crippen LogP contribution in [0.3, 0.4) is 0 Å². The molecule has 2 aromatic rings. The summed E-state index contributed by atoms with van der Waals surface area (Å²) in [6.07, 6.45) is 14.1. The van der Waals surface area contributed by atoms with E-state index >= 15 is 0 Å². The molecule has 0 aliphatic heterocycles. The smallest absolute Gasteiger partial charge is 0.160 e. The molecule has 4 rings (SSSR count). The SMILES string of the molecule is Fc1ccc(C#Cc2ccc(C3CCC(CCC4CCCC4)CC3)cc2)cc1F. The summed E-state index contributed by atoms with van der Waals surface area (Å²) in [4.78, 5) is 0. The molecule has 0 amide bonds. The van der Waals surface area contributed by atoms with Crippen LogP contribution in [0.15, 0.2) is 42.5 Å². The predicted molar refractivity (Wildman–Crippen MR) is 115 cm³/mol. The monoisotopic (exact) mass is 392 g/mol. The van der Waals surface area contributed by atoms with E-state index in [9.17, 15) is 8.78 Å². The summed E-state index contributed by atoms with van der Waals surface area (Å²) >= 11 is 0. The molecule has 152 valence electrons. The first-order valence-electron chi connectivity index (χ1n) is 11.2. The fraction of sp³-hybridized carbons (Fsp3) is 0.481. The van der Waals surface area contributed by atoms with Gasteiger partial charge in [-0.05, 0) is 79.3 Å². The van der Waals surface area contributed by atoms with Gasteiger partial charge in [0.25, 0.3) is 0 Å². The summed E-state index contributed by atoms with van der Waals surface area (Å²) in [7, 11) is 0. The molecule has 2 aliphatic rings. The zero-order chi connectivity index (χ0) is 20.1. The van der Waals surface area contributed by atoms with Crippen molar-refractivity contribution in [2.45, 2.75) is 70.1 Å². The molecule has 2 fully saturated rings. The van der Waals surface area contributed by atoms with Gasteiger partial charge in [-0.2, -0.15) is 0 Å².